The van der Waals surface area contributed by atoms with Crippen LogP contribution in [0.4, 0.5) is 0 Å². The molecule has 1 heterocycles. The topological polar surface area (TPSA) is 98.7 Å². The molecule has 124 valence electrons. The Kier molecular flexibility index (Phi) is 4.37. The van der Waals surface area contributed by atoms with Crippen molar-refractivity contribution in [2.75, 3.05) is 0 Å². The molecule has 1 saturated heterocycles. The highest BCUT2D eigenvalue weighted by atomic mass is 16.3. The minimum Gasteiger partial charge on any atom is -0.504 e. The zero-order valence-corrected chi connectivity index (χ0v) is 12.9. The Morgan fingerprint density at radius 1 is 0.750 bits per heavy atom. The average molecular weight is 326 g/mol. The Balaban J connectivity index is 1.66. The van der Waals surface area contributed by atoms with E-state index in [2.05, 4.69) is 10.6 Å². The summed E-state index contributed by atoms with van der Waals surface area (Å²) in [5, 5.41) is 24.3. The summed E-state index contributed by atoms with van der Waals surface area (Å²) in [5.74, 6) is -0.967. The molecule has 2 amide bonds. The van der Waals surface area contributed by atoms with Crippen LogP contribution < -0.4 is 10.6 Å². The molecule has 0 radical (unpaired) electrons. The summed E-state index contributed by atoms with van der Waals surface area (Å²) >= 11 is 0. The van der Waals surface area contributed by atoms with E-state index >= 15 is 0 Å². The maximum atomic E-state index is 12.3. The first-order chi connectivity index (χ1) is 11.5. The van der Waals surface area contributed by atoms with Crippen molar-refractivity contribution in [3.63, 3.8) is 0 Å². The summed E-state index contributed by atoms with van der Waals surface area (Å²) in [6.45, 7) is 0. The van der Waals surface area contributed by atoms with Crippen molar-refractivity contribution in [2.24, 2.45) is 0 Å². The van der Waals surface area contributed by atoms with Crippen LogP contribution in [0.25, 0.3) is 0 Å². The number of nitrogens with one attached hydrogen (secondary N) is 2. The maximum absolute atomic E-state index is 12.3. The van der Waals surface area contributed by atoms with E-state index in [1.165, 1.54) is 12.1 Å². The van der Waals surface area contributed by atoms with Crippen LogP contribution in [0, 0.1) is 0 Å². The van der Waals surface area contributed by atoms with Gasteiger partial charge in [0.1, 0.15) is 12.1 Å². The van der Waals surface area contributed by atoms with E-state index in [-0.39, 0.29) is 29.7 Å². The van der Waals surface area contributed by atoms with E-state index in [9.17, 15) is 19.8 Å². The predicted octanol–water partition coefficient (Wildman–Crippen LogP) is 0.866. The molecule has 6 heteroatoms. The summed E-state index contributed by atoms with van der Waals surface area (Å²) in [6, 6.07) is 12.5. The van der Waals surface area contributed by atoms with Gasteiger partial charge in [-0.15, -0.1) is 0 Å². The number of amides is 2. The molecule has 4 N–H and O–H groups in total. The molecule has 0 unspecified atom stereocenters. The molecular formula is C18H18N2O4. The molecule has 0 spiro atoms. The molecular weight excluding hydrogens is 308 g/mol. The predicted molar refractivity (Wildman–Crippen MR) is 87.5 cm³/mol. The highest BCUT2D eigenvalue weighted by Gasteiger charge is 2.33. The quantitative estimate of drug-likeness (QED) is 0.627. The Labute approximate surface area is 139 Å². The van der Waals surface area contributed by atoms with Crippen molar-refractivity contribution < 1.29 is 19.8 Å². The average Bonchev–Trinajstić information content (AvgIpc) is 2.56. The molecule has 0 aromatic heterocycles. The van der Waals surface area contributed by atoms with Crippen LogP contribution in [0.1, 0.15) is 11.1 Å². The fourth-order valence-corrected chi connectivity index (χ4v) is 2.74. The molecule has 1 aliphatic heterocycles. The third-order valence-electron chi connectivity index (χ3n) is 4.03. The van der Waals surface area contributed by atoms with E-state index in [4.69, 9.17) is 0 Å². The van der Waals surface area contributed by atoms with Crippen LogP contribution in [0.15, 0.2) is 48.5 Å². The second-order valence-electron chi connectivity index (χ2n) is 5.84. The maximum Gasteiger partial charge on any atom is 0.243 e. The SMILES string of the molecule is O=C1N[C@@H](Cc2ccc(O)c(O)c2)C(=O)N[C@H]1Cc1ccccc1. The standard InChI is InChI=1S/C18H18N2O4/c21-15-7-6-12(10-16(15)22)9-14-18(24)19-13(17(23)20-14)8-11-4-2-1-3-5-11/h1-7,10,13-14,21-22H,8-9H2,(H,19,24)(H,20,23)/t13-,14-/m0/s1. The van der Waals surface area contributed by atoms with Crippen LogP contribution in [0.3, 0.4) is 0 Å². The van der Waals surface area contributed by atoms with Gasteiger partial charge in [-0.1, -0.05) is 36.4 Å². The molecule has 1 fully saturated rings. The van der Waals surface area contributed by atoms with Crippen molar-refractivity contribution in [3.8, 4) is 11.5 Å². The first-order valence-corrected chi connectivity index (χ1v) is 7.68. The van der Waals surface area contributed by atoms with Crippen molar-refractivity contribution >= 4 is 11.8 Å². The summed E-state index contributed by atoms with van der Waals surface area (Å²) in [7, 11) is 0. The normalized spacial score (nSPS) is 20.3. The van der Waals surface area contributed by atoms with Crippen LogP contribution in [0.5, 0.6) is 11.5 Å². The Morgan fingerprint density at radius 3 is 1.92 bits per heavy atom. The lowest BCUT2D eigenvalue weighted by molar-refractivity contribution is -0.136. The number of piperazine rings is 1. The van der Waals surface area contributed by atoms with Crippen molar-refractivity contribution in [1.29, 1.82) is 0 Å². The molecule has 3 rings (SSSR count). The smallest absolute Gasteiger partial charge is 0.243 e. The van der Waals surface area contributed by atoms with Crippen LogP contribution in [-0.4, -0.2) is 34.1 Å². The summed E-state index contributed by atoms with van der Waals surface area (Å²) in [4.78, 5) is 24.5. The highest BCUT2D eigenvalue weighted by molar-refractivity contribution is 5.97. The number of hydrogen-bond donors (Lipinski definition) is 4. The number of benzene rings is 2. The third-order valence-corrected chi connectivity index (χ3v) is 4.03. The highest BCUT2D eigenvalue weighted by Crippen LogP contribution is 2.25. The second kappa shape index (κ2) is 6.62. The monoisotopic (exact) mass is 326 g/mol. The summed E-state index contributed by atoms with van der Waals surface area (Å²) < 4.78 is 0. The van der Waals surface area contributed by atoms with E-state index in [0.29, 0.717) is 12.0 Å². The van der Waals surface area contributed by atoms with Gasteiger partial charge in [0.25, 0.3) is 0 Å². The lowest BCUT2D eigenvalue weighted by Crippen LogP contribution is -2.62. The molecule has 1 aliphatic rings. The fraction of sp³-hybridized carbons (Fsp3) is 0.222. The van der Waals surface area contributed by atoms with Gasteiger partial charge in [0.2, 0.25) is 11.8 Å². The van der Waals surface area contributed by atoms with Crippen LogP contribution in [0.2, 0.25) is 0 Å². The zero-order chi connectivity index (χ0) is 17.1. The first kappa shape index (κ1) is 15.9. The molecule has 2 aromatic rings. The minimum atomic E-state index is -0.700. The van der Waals surface area contributed by atoms with Gasteiger partial charge < -0.3 is 20.8 Å². The van der Waals surface area contributed by atoms with Gasteiger partial charge in [0, 0.05) is 12.8 Å². The third kappa shape index (κ3) is 3.48. The molecule has 24 heavy (non-hydrogen) atoms. The fourth-order valence-electron chi connectivity index (χ4n) is 2.74. The van der Waals surface area contributed by atoms with Gasteiger partial charge in [-0.25, -0.2) is 0 Å². The Hall–Kier alpha value is -3.02. The van der Waals surface area contributed by atoms with Crippen molar-refractivity contribution in [1.82, 2.24) is 10.6 Å². The van der Waals surface area contributed by atoms with Gasteiger partial charge in [-0.05, 0) is 23.3 Å². The van der Waals surface area contributed by atoms with E-state index in [1.807, 2.05) is 30.3 Å². The number of phenolic OH excluding ortho intramolecular Hbond substituents is 2. The molecule has 2 aromatic carbocycles. The van der Waals surface area contributed by atoms with Crippen LogP contribution in [-0.2, 0) is 22.4 Å². The number of hydrogen-bond acceptors (Lipinski definition) is 4. The Bertz CT molecular complexity index is 761. The van der Waals surface area contributed by atoms with Crippen molar-refractivity contribution in [2.45, 2.75) is 24.9 Å². The molecule has 6 nitrogen and oxygen atoms in total. The van der Waals surface area contributed by atoms with Gasteiger partial charge >= 0.3 is 0 Å². The van der Waals surface area contributed by atoms with Crippen LogP contribution >= 0.6 is 0 Å². The van der Waals surface area contributed by atoms with Gasteiger partial charge in [-0.2, -0.15) is 0 Å². The number of aromatic hydroxyl groups is 2. The second-order valence-corrected chi connectivity index (χ2v) is 5.84. The minimum absolute atomic E-state index is 0.223. The summed E-state index contributed by atoms with van der Waals surface area (Å²) in [6.07, 6.45) is 0.675. The van der Waals surface area contributed by atoms with Gasteiger partial charge in [0.15, 0.2) is 11.5 Å². The lowest BCUT2D eigenvalue weighted by atomic mass is 9.98. The van der Waals surface area contributed by atoms with Gasteiger partial charge in [0.05, 0.1) is 0 Å². The molecule has 0 aliphatic carbocycles. The zero-order valence-electron chi connectivity index (χ0n) is 12.9. The summed E-state index contributed by atoms with van der Waals surface area (Å²) in [5.41, 5.74) is 1.62. The Morgan fingerprint density at radius 2 is 1.33 bits per heavy atom. The van der Waals surface area contributed by atoms with E-state index in [0.717, 1.165) is 5.56 Å². The molecule has 2 atom stereocenters. The number of carbonyl (C=O) groups is 2. The van der Waals surface area contributed by atoms with Crippen molar-refractivity contribution in [3.05, 3.63) is 59.7 Å². The van der Waals surface area contributed by atoms with E-state index < -0.39 is 12.1 Å². The number of carbonyl (C=O) groups excluding carboxylic acids is 2. The number of phenols is 2. The number of rotatable bonds is 4. The first-order valence-electron chi connectivity index (χ1n) is 7.68. The largest absolute Gasteiger partial charge is 0.504 e. The molecule has 0 bridgehead atoms. The lowest BCUT2D eigenvalue weighted by Gasteiger charge is -2.29. The van der Waals surface area contributed by atoms with E-state index in [1.54, 1.807) is 6.07 Å². The molecule has 0 saturated carbocycles. The van der Waals surface area contributed by atoms with Gasteiger partial charge in [-0.3, -0.25) is 9.59 Å².